The van der Waals surface area contributed by atoms with Crippen LogP contribution in [0.2, 0.25) is 10.0 Å². The summed E-state index contributed by atoms with van der Waals surface area (Å²) in [6.07, 6.45) is 0. The lowest BCUT2D eigenvalue weighted by Crippen LogP contribution is -2.04. The summed E-state index contributed by atoms with van der Waals surface area (Å²) in [7, 11) is 0. The van der Waals surface area contributed by atoms with Gasteiger partial charge in [-0.2, -0.15) is 0 Å². The van der Waals surface area contributed by atoms with E-state index in [0.717, 1.165) is 15.6 Å². The Morgan fingerprint density at radius 3 is 2.27 bits per heavy atom. The molecule has 0 atom stereocenters. The topological polar surface area (TPSA) is 50.7 Å². The zero-order valence-corrected chi connectivity index (χ0v) is 19.7. The highest BCUT2D eigenvalue weighted by molar-refractivity contribution is 9.10. The first-order valence-electron chi connectivity index (χ1n) is 9.42. The molecule has 158 valence electrons. The van der Waals surface area contributed by atoms with Crippen LogP contribution < -0.4 is 14.8 Å². The second-order valence-corrected chi connectivity index (χ2v) is 8.42. The van der Waals surface area contributed by atoms with Gasteiger partial charge in [-0.05, 0) is 65.2 Å². The number of phenols is 1. The molecule has 0 aromatic heterocycles. The molecular weight excluding hydrogens is 489 g/mol. The Balaban J connectivity index is 1.75. The lowest BCUT2D eigenvalue weighted by atomic mass is 10.1. The fourth-order valence-corrected chi connectivity index (χ4v) is 3.93. The van der Waals surface area contributed by atoms with Crippen molar-refractivity contribution in [1.29, 1.82) is 0 Å². The van der Waals surface area contributed by atoms with Crippen LogP contribution in [-0.2, 0) is 13.2 Å². The van der Waals surface area contributed by atoms with E-state index >= 15 is 0 Å². The van der Waals surface area contributed by atoms with Gasteiger partial charge < -0.3 is 19.9 Å². The Kier molecular flexibility index (Phi) is 7.75. The predicted molar refractivity (Wildman–Crippen MR) is 126 cm³/mol. The van der Waals surface area contributed by atoms with Crippen LogP contribution in [0.5, 0.6) is 17.2 Å². The summed E-state index contributed by atoms with van der Waals surface area (Å²) in [6.45, 7) is 5.47. The average Bonchev–Trinajstić information content (AvgIpc) is 2.71. The van der Waals surface area contributed by atoms with E-state index in [9.17, 15) is 5.11 Å². The number of nitrogens with one attached hydrogen (secondary N) is 1. The van der Waals surface area contributed by atoms with Crippen LogP contribution in [-0.4, -0.2) is 11.7 Å². The molecule has 2 N–H and O–H groups in total. The van der Waals surface area contributed by atoms with Gasteiger partial charge in [-0.3, -0.25) is 0 Å². The summed E-state index contributed by atoms with van der Waals surface area (Å²) in [5.74, 6) is 1.20. The van der Waals surface area contributed by atoms with Crippen molar-refractivity contribution in [3.8, 4) is 17.2 Å². The van der Waals surface area contributed by atoms with Crippen LogP contribution >= 0.6 is 39.1 Å². The van der Waals surface area contributed by atoms with E-state index in [1.807, 2.05) is 19.1 Å². The maximum absolute atomic E-state index is 9.70. The second kappa shape index (κ2) is 10.3. The minimum absolute atomic E-state index is 0.125. The van der Waals surface area contributed by atoms with Crippen molar-refractivity contribution in [1.82, 2.24) is 0 Å². The Labute approximate surface area is 194 Å². The zero-order chi connectivity index (χ0) is 21.7. The van der Waals surface area contributed by atoms with Gasteiger partial charge in [0.1, 0.15) is 6.61 Å². The molecule has 0 heterocycles. The lowest BCUT2D eigenvalue weighted by molar-refractivity contribution is 0.267. The number of hydrogen-bond acceptors (Lipinski definition) is 4. The fourth-order valence-electron chi connectivity index (χ4n) is 2.84. The summed E-state index contributed by atoms with van der Waals surface area (Å²) in [5.41, 5.74) is 3.98. The number of phenolic OH excluding ortho intramolecular Hbond substituents is 1. The molecule has 7 heteroatoms. The van der Waals surface area contributed by atoms with E-state index in [1.165, 1.54) is 5.56 Å². The van der Waals surface area contributed by atoms with E-state index in [-0.39, 0.29) is 15.8 Å². The van der Waals surface area contributed by atoms with Crippen molar-refractivity contribution in [3.63, 3.8) is 0 Å². The van der Waals surface area contributed by atoms with Crippen molar-refractivity contribution < 1.29 is 14.6 Å². The third kappa shape index (κ3) is 5.75. The molecule has 0 saturated heterocycles. The highest BCUT2D eigenvalue weighted by Gasteiger charge is 2.13. The van der Waals surface area contributed by atoms with Crippen LogP contribution in [0, 0.1) is 6.92 Å². The van der Waals surface area contributed by atoms with Gasteiger partial charge >= 0.3 is 0 Å². The van der Waals surface area contributed by atoms with E-state index < -0.39 is 0 Å². The Bertz CT molecular complexity index is 1000. The van der Waals surface area contributed by atoms with Gasteiger partial charge in [0.2, 0.25) is 0 Å². The molecule has 0 amide bonds. The summed E-state index contributed by atoms with van der Waals surface area (Å²) in [5, 5.41) is 13.3. The first-order valence-corrected chi connectivity index (χ1v) is 11.0. The van der Waals surface area contributed by atoms with Crippen LogP contribution in [0.15, 0.2) is 53.0 Å². The molecular formula is C23H22BrCl2NO3. The van der Waals surface area contributed by atoms with Gasteiger partial charge in [-0.15, -0.1) is 0 Å². The molecule has 3 aromatic rings. The summed E-state index contributed by atoms with van der Waals surface area (Å²) in [4.78, 5) is 0. The van der Waals surface area contributed by atoms with Crippen LogP contribution in [0.4, 0.5) is 5.69 Å². The maximum Gasteiger partial charge on any atom is 0.175 e. The summed E-state index contributed by atoms with van der Waals surface area (Å²) < 4.78 is 12.7. The highest BCUT2D eigenvalue weighted by atomic mass is 79.9. The quantitative estimate of drug-likeness (QED) is 0.311. The number of ether oxygens (including phenoxy) is 2. The van der Waals surface area contributed by atoms with Crippen molar-refractivity contribution in [2.45, 2.75) is 27.0 Å². The van der Waals surface area contributed by atoms with Crippen molar-refractivity contribution in [2.75, 3.05) is 11.9 Å². The van der Waals surface area contributed by atoms with E-state index in [2.05, 4.69) is 52.4 Å². The molecule has 0 unspecified atom stereocenters. The third-order valence-corrected chi connectivity index (χ3v) is 5.55. The van der Waals surface area contributed by atoms with Gasteiger partial charge in [0.25, 0.3) is 0 Å². The van der Waals surface area contributed by atoms with Gasteiger partial charge in [-0.1, -0.05) is 53.0 Å². The first kappa shape index (κ1) is 22.6. The molecule has 0 aliphatic heterocycles. The first-order chi connectivity index (χ1) is 14.4. The van der Waals surface area contributed by atoms with Crippen molar-refractivity contribution in [2.24, 2.45) is 0 Å². The molecule has 0 aliphatic rings. The van der Waals surface area contributed by atoms with E-state index in [0.29, 0.717) is 36.9 Å². The molecule has 0 bridgehead atoms. The van der Waals surface area contributed by atoms with Gasteiger partial charge in [0.15, 0.2) is 17.2 Å². The number of hydrogen-bond donors (Lipinski definition) is 2. The number of benzene rings is 3. The Morgan fingerprint density at radius 1 is 0.967 bits per heavy atom. The van der Waals surface area contributed by atoms with Gasteiger partial charge in [0, 0.05) is 12.2 Å². The lowest BCUT2D eigenvalue weighted by Gasteiger charge is -2.16. The monoisotopic (exact) mass is 509 g/mol. The Morgan fingerprint density at radius 2 is 1.63 bits per heavy atom. The number of aryl methyl sites for hydroxylation is 1. The smallest absolute Gasteiger partial charge is 0.175 e. The normalized spacial score (nSPS) is 10.7. The number of anilines is 1. The maximum atomic E-state index is 9.70. The van der Waals surface area contributed by atoms with Crippen LogP contribution in [0.1, 0.15) is 23.6 Å². The van der Waals surface area contributed by atoms with Crippen LogP contribution in [0.25, 0.3) is 0 Å². The SMILES string of the molecule is CCOc1cc(CNc2cc(Cl)c(O)c(Cl)c2)cc(Br)c1OCc1ccc(C)cc1. The predicted octanol–water partition coefficient (Wildman–Crippen LogP) is 7.36. The molecule has 0 fully saturated rings. The van der Waals surface area contributed by atoms with Gasteiger partial charge in [-0.25, -0.2) is 0 Å². The van der Waals surface area contributed by atoms with E-state index in [1.54, 1.807) is 12.1 Å². The average molecular weight is 511 g/mol. The standard InChI is InChI=1S/C23H22BrCl2NO3/c1-3-29-21-9-16(12-27-17-10-19(25)22(28)20(26)11-17)8-18(24)23(21)30-13-15-6-4-14(2)5-7-15/h4-11,27-28H,3,12-13H2,1-2H3. The van der Waals surface area contributed by atoms with Crippen molar-refractivity contribution in [3.05, 3.63) is 79.7 Å². The number of halogens is 3. The number of aromatic hydroxyl groups is 1. The highest BCUT2D eigenvalue weighted by Crippen LogP contribution is 2.38. The van der Waals surface area contributed by atoms with Crippen LogP contribution in [0.3, 0.4) is 0 Å². The Hall–Kier alpha value is -2.08. The third-order valence-electron chi connectivity index (χ3n) is 4.39. The molecule has 30 heavy (non-hydrogen) atoms. The van der Waals surface area contributed by atoms with Gasteiger partial charge in [0.05, 0.1) is 21.1 Å². The second-order valence-electron chi connectivity index (χ2n) is 6.75. The summed E-state index contributed by atoms with van der Waals surface area (Å²) >= 11 is 15.6. The molecule has 0 saturated carbocycles. The minimum atomic E-state index is -0.125. The molecule has 0 aliphatic carbocycles. The summed E-state index contributed by atoms with van der Waals surface area (Å²) in [6, 6.07) is 15.4. The molecule has 0 radical (unpaired) electrons. The van der Waals surface area contributed by atoms with Crippen molar-refractivity contribution >= 4 is 44.8 Å². The fraction of sp³-hybridized carbons (Fsp3) is 0.217. The minimum Gasteiger partial charge on any atom is -0.505 e. The molecule has 3 rings (SSSR count). The molecule has 3 aromatic carbocycles. The van der Waals surface area contributed by atoms with E-state index in [4.69, 9.17) is 32.7 Å². The zero-order valence-electron chi connectivity index (χ0n) is 16.6. The largest absolute Gasteiger partial charge is 0.505 e. The number of rotatable bonds is 8. The molecule has 0 spiro atoms. The molecule has 4 nitrogen and oxygen atoms in total.